The molecule has 2 N–H and O–H groups in total. The van der Waals surface area contributed by atoms with Gasteiger partial charge in [-0.2, -0.15) is 8.78 Å². The van der Waals surface area contributed by atoms with Crippen molar-refractivity contribution in [2.75, 3.05) is 11.9 Å². The molecule has 0 heterocycles. The molecule has 0 atom stereocenters. The Kier molecular flexibility index (Phi) is 7.35. The Hall–Kier alpha value is -2.67. The maximum Gasteiger partial charge on any atom is 0.387 e. The van der Waals surface area contributed by atoms with E-state index in [2.05, 4.69) is 15.4 Å². The van der Waals surface area contributed by atoms with Crippen molar-refractivity contribution >= 4 is 29.1 Å². The third kappa shape index (κ3) is 6.33. The van der Waals surface area contributed by atoms with Crippen molar-refractivity contribution in [1.29, 1.82) is 0 Å². The number of nitrogens with one attached hydrogen (secondary N) is 2. The van der Waals surface area contributed by atoms with Gasteiger partial charge in [-0.25, -0.2) is 0 Å². The van der Waals surface area contributed by atoms with Gasteiger partial charge in [-0.3, -0.25) is 9.59 Å². The predicted molar refractivity (Wildman–Crippen MR) is 94.7 cm³/mol. The van der Waals surface area contributed by atoms with Gasteiger partial charge in [-0.15, -0.1) is 0 Å². The zero-order valence-corrected chi connectivity index (χ0v) is 14.4. The number of para-hydroxylation sites is 2. The van der Waals surface area contributed by atoms with Crippen LogP contribution in [0, 0.1) is 0 Å². The summed E-state index contributed by atoms with van der Waals surface area (Å²) in [4.78, 5) is 23.8. The summed E-state index contributed by atoms with van der Waals surface area (Å²) in [6, 6.07) is 12.4. The van der Waals surface area contributed by atoms with E-state index < -0.39 is 6.61 Å². The Bertz CT molecular complexity index is 754. The van der Waals surface area contributed by atoms with Gasteiger partial charge < -0.3 is 15.4 Å². The highest BCUT2D eigenvalue weighted by Gasteiger charge is 2.11. The number of alkyl halides is 2. The number of hydrogen-bond acceptors (Lipinski definition) is 3. The molecular weight excluding hydrogens is 366 g/mol. The molecule has 0 aliphatic heterocycles. The second-order valence-corrected chi connectivity index (χ2v) is 5.73. The van der Waals surface area contributed by atoms with E-state index in [1.54, 1.807) is 30.3 Å². The summed E-state index contributed by atoms with van der Waals surface area (Å²) < 4.78 is 29.0. The average molecular weight is 383 g/mol. The first-order chi connectivity index (χ1) is 12.5. The number of amides is 2. The van der Waals surface area contributed by atoms with Crippen molar-refractivity contribution in [3.8, 4) is 5.75 Å². The maximum absolute atomic E-state index is 12.3. The number of rotatable bonds is 8. The van der Waals surface area contributed by atoms with Gasteiger partial charge in [0.2, 0.25) is 5.91 Å². The molecular formula is C18H17ClF2N2O3. The number of carbonyl (C=O) groups is 2. The van der Waals surface area contributed by atoms with Crippen LogP contribution in [0.15, 0.2) is 48.5 Å². The van der Waals surface area contributed by atoms with Crippen LogP contribution in [0.3, 0.4) is 0 Å². The first-order valence-corrected chi connectivity index (χ1v) is 8.21. The van der Waals surface area contributed by atoms with Gasteiger partial charge in [-0.1, -0.05) is 23.7 Å². The molecule has 8 heteroatoms. The van der Waals surface area contributed by atoms with Crippen LogP contribution in [0.2, 0.25) is 5.02 Å². The van der Waals surface area contributed by atoms with Crippen molar-refractivity contribution in [3.63, 3.8) is 0 Å². The van der Waals surface area contributed by atoms with Crippen molar-refractivity contribution < 1.29 is 23.1 Å². The molecule has 5 nitrogen and oxygen atoms in total. The van der Waals surface area contributed by atoms with Crippen LogP contribution in [0.1, 0.15) is 23.2 Å². The minimum atomic E-state index is -2.98. The summed E-state index contributed by atoms with van der Waals surface area (Å²) in [6.07, 6.45) is 0.507. The van der Waals surface area contributed by atoms with Crippen LogP contribution in [0.5, 0.6) is 5.75 Å². The summed E-state index contributed by atoms with van der Waals surface area (Å²) in [5.41, 5.74) is 0.639. The third-order valence-corrected chi connectivity index (χ3v) is 3.60. The molecule has 0 fully saturated rings. The molecule has 2 amide bonds. The van der Waals surface area contributed by atoms with Gasteiger partial charge in [-0.05, 0) is 42.8 Å². The molecule has 2 aromatic carbocycles. The molecule has 0 radical (unpaired) electrons. The summed E-state index contributed by atoms with van der Waals surface area (Å²) in [7, 11) is 0. The number of hydrogen-bond donors (Lipinski definition) is 2. The first-order valence-electron chi connectivity index (χ1n) is 7.83. The lowest BCUT2D eigenvalue weighted by Gasteiger charge is -2.11. The Morgan fingerprint density at radius 1 is 1.08 bits per heavy atom. The van der Waals surface area contributed by atoms with Gasteiger partial charge in [0, 0.05) is 23.6 Å². The van der Waals surface area contributed by atoms with Crippen molar-refractivity contribution in [3.05, 3.63) is 59.1 Å². The van der Waals surface area contributed by atoms with Crippen LogP contribution in [0.4, 0.5) is 14.5 Å². The van der Waals surface area contributed by atoms with Gasteiger partial charge in [0.05, 0.1) is 5.69 Å². The SMILES string of the molecule is O=C(CCCNC(=O)c1ccc(Cl)cc1)Nc1ccccc1OC(F)F. The second kappa shape index (κ2) is 9.72. The monoisotopic (exact) mass is 382 g/mol. The maximum atomic E-state index is 12.3. The fourth-order valence-corrected chi connectivity index (χ4v) is 2.26. The lowest BCUT2D eigenvalue weighted by atomic mass is 10.2. The molecule has 0 saturated heterocycles. The van der Waals surface area contributed by atoms with Crippen LogP contribution >= 0.6 is 11.6 Å². The molecule has 0 aliphatic carbocycles. The molecule has 0 aliphatic rings. The number of anilines is 1. The van der Waals surface area contributed by atoms with E-state index >= 15 is 0 Å². The van der Waals surface area contributed by atoms with E-state index in [9.17, 15) is 18.4 Å². The number of benzene rings is 2. The van der Waals surface area contributed by atoms with Crippen LogP contribution in [-0.4, -0.2) is 25.0 Å². The molecule has 0 bridgehead atoms. The number of ether oxygens (including phenoxy) is 1. The van der Waals surface area contributed by atoms with E-state index in [1.165, 1.54) is 18.2 Å². The van der Waals surface area contributed by atoms with Crippen LogP contribution in [0.25, 0.3) is 0 Å². The van der Waals surface area contributed by atoms with Gasteiger partial charge in [0.1, 0.15) is 5.75 Å². The van der Waals surface area contributed by atoms with Crippen LogP contribution < -0.4 is 15.4 Å². The Morgan fingerprint density at radius 3 is 2.46 bits per heavy atom. The fraction of sp³-hybridized carbons (Fsp3) is 0.222. The van der Waals surface area contributed by atoms with E-state index in [4.69, 9.17) is 11.6 Å². The molecule has 26 heavy (non-hydrogen) atoms. The summed E-state index contributed by atoms with van der Waals surface area (Å²) in [5, 5.41) is 5.74. The topological polar surface area (TPSA) is 67.4 Å². The minimum absolute atomic E-state index is 0.105. The lowest BCUT2D eigenvalue weighted by Crippen LogP contribution is -2.25. The summed E-state index contributed by atoms with van der Waals surface area (Å²) in [5.74, 6) is -0.735. The Morgan fingerprint density at radius 2 is 1.77 bits per heavy atom. The van der Waals surface area contributed by atoms with Gasteiger partial charge in [0.25, 0.3) is 5.91 Å². The molecule has 0 spiro atoms. The predicted octanol–water partition coefficient (Wildman–Crippen LogP) is 4.09. The smallest absolute Gasteiger partial charge is 0.387 e. The van der Waals surface area contributed by atoms with E-state index in [0.29, 0.717) is 23.6 Å². The highest BCUT2D eigenvalue weighted by molar-refractivity contribution is 6.30. The van der Waals surface area contributed by atoms with E-state index in [-0.39, 0.29) is 29.7 Å². The highest BCUT2D eigenvalue weighted by atomic mass is 35.5. The molecule has 0 unspecified atom stereocenters. The Labute approximate surface area is 154 Å². The van der Waals surface area contributed by atoms with Crippen molar-refractivity contribution in [2.45, 2.75) is 19.5 Å². The molecule has 2 aromatic rings. The van der Waals surface area contributed by atoms with Gasteiger partial charge >= 0.3 is 6.61 Å². The minimum Gasteiger partial charge on any atom is -0.433 e. The summed E-state index contributed by atoms with van der Waals surface area (Å²) in [6.45, 7) is -2.68. The second-order valence-electron chi connectivity index (χ2n) is 5.29. The molecule has 138 valence electrons. The van der Waals surface area contributed by atoms with E-state index in [0.717, 1.165) is 0 Å². The molecule has 2 rings (SSSR count). The molecule has 0 aromatic heterocycles. The number of halogens is 3. The fourth-order valence-electron chi connectivity index (χ4n) is 2.14. The first kappa shape index (κ1) is 19.7. The third-order valence-electron chi connectivity index (χ3n) is 3.35. The largest absolute Gasteiger partial charge is 0.433 e. The van der Waals surface area contributed by atoms with Crippen molar-refractivity contribution in [1.82, 2.24) is 5.32 Å². The zero-order chi connectivity index (χ0) is 18.9. The highest BCUT2D eigenvalue weighted by Crippen LogP contribution is 2.25. The normalized spacial score (nSPS) is 10.5. The standard InChI is InChI=1S/C18H17ClF2N2O3/c19-13-9-7-12(8-10-13)17(25)22-11-3-6-16(24)23-14-4-1-2-5-15(14)26-18(20)21/h1-2,4-5,7-10,18H,3,6,11H2,(H,22,25)(H,23,24). The summed E-state index contributed by atoms with van der Waals surface area (Å²) >= 11 is 5.76. The Balaban J connectivity index is 1.75. The quantitative estimate of drug-likeness (QED) is 0.676. The van der Waals surface area contributed by atoms with Crippen LogP contribution in [-0.2, 0) is 4.79 Å². The van der Waals surface area contributed by atoms with Gasteiger partial charge in [0.15, 0.2) is 0 Å². The lowest BCUT2D eigenvalue weighted by molar-refractivity contribution is -0.116. The van der Waals surface area contributed by atoms with E-state index in [1.807, 2.05) is 0 Å². The van der Waals surface area contributed by atoms with Crippen molar-refractivity contribution in [2.24, 2.45) is 0 Å². The zero-order valence-electron chi connectivity index (χ0n) is 13.7. The average Bonchev–Trinajstić information content (AvgIpc) is 2.60. The molecule has 0 saturated carbocycles. The number of carbonyl (C=O) groups excluding carboxylic acids is 2.